The topological polar surface area (TPSA) is 43.4 Å². The zero-order chi connectivity index (χ0) is 13.7. The molecule has 0 saturated carbocycles. The standard InChI is InChI=1S/C15H11ClO3/c16-14(17)12-6-8-13(9-7-12)15(18)19-10-11-4-2-1-3-5-11/h1-9H,10H2. The Balaban J connectivity index is 1.98. The summed E-state index contributed by atoms with van der Waals surface area (Å²) in [6.07, 6.45) is 0. The van der Waals surface area contributed by atoms with Crippen LogP contribution >= 0.6 is 11.6 Å². The lowest BCUT2D eigenvalue weighted by Gasteiger charge is -2.05. The summed E-state index contributed by atoms with van der Waals surface area (Å²) >= 11 is 5.32. The highest BCUT2D eigenvalue weighted by Crippen LogP contribution is 2.09. The zero-order valence-corrected chi connectivity index (χ0v) is 10.8. The molecule has 0 fully saturated rings. The van der Waals surface area contributed by atoms with Gasteiger partial charge in [-0.2, -0.15) is 0 Å². The molecule has 4 heteroatoms. The number of hydrogen-bond acceptors (Lipinski definition) is 3. The van der Waals surface area contributed by atoms with Gasteiger partial charge in [0.15, 0.2) is 0 Å². The van der Waals surface area contributed by atoms with Crippen LogP contribution in [0.25, 0.3) is 0 Å². The first kappa shape index (κ1) is 13.3. The van der Waals surface area contributed by atoms with Gasteiger partial charge < -0.3 is 4.74 Å². The van der Waals surface area contributed by atoms with E-state index in [1.54, 1.807) is 0 Å². The van der Waals surface area contributed by atoms with Gasteiger partial charge in [-0.25, -0.2) is 4.79 Å². The third kappa shape index (κ3) is 3.66. The summed E-state index contributed by atoms with van der Waals surface area (Å²) < 4.78 is 5.16. The van der Waals surface area contributed by atoms with E-state index in [-0.39, 0.29) is 6.61 Å². The summed E-state index contributed by atoms with van der Waals surface area (Å²) in [6.45, 7) is 0.218. The summed E-state index contributed by atoms with van der Waals surface area (Å²) in [7, 11) is 0. The van der Waals surface area contributed by atoms with Crippen molar-refractivity contribution in [2.75, 3.05) is 0 Å². The van der Waals surface area contributed by atoms with E-state index >= 15 is 0 Å². The summed E-state index contributed by atoms with van der Waals surface area (Å²) in [5, 5.41) is -0.552. The SMILES string of the molecule is O=C(Cl)c1ccc(C(=O)OCc2ccccc2)cc1. The number of halogens is 1. The Morgan fingerprint density at radius 1 is 0.895 bits per heavy atom. The molecule has 0 heterocycles. The molecule has 0 bridgehead atoms. The van der Waals surface area contributed by atoms with Gasteiger partial charge in [0, 0.05) is 5.56 Å². The predicted molar refractivity (Wildman–Crippen MR) is 72.2 cm³/mol. The molecule has 0 unspecified atom stereocenters. The Bertz CT molecular complexity index is 576. The fraction of sp³-hybridized carbons (Fsp3) is 0.0667. The molecule has 0 aliphatic rings. The first-order chi connectivity index (χ1) is 9.16. The number of ether oxygens (including phenoxy) is 1. The van der Waals surface area contributed by atoms with E-state index in [9.17, 15) is 9.59 Å². The predicted octanol–water partition coefficient (Wildman–Crippen LogP) is 3.42. The van der Waals surface area contributed by atoms with Crippen LogP contribution in [0, 0.1) is 0 Å². The fourth-order valence-corrected chi connectivity index (χ4v) is 1.67. The average molecular weight is 275 g/mol. The van der Waals surface area contributed by atoms with Crippen molar-refractivity contribution < 1.29 is 14.3 Å². The van der Waals surface area contributed by atoms with Gasteiger partial charge in [-0.1, -0.05) is 30.3 Å². The Kier molecular flexibility index (Phi) is 4.31. The minimum absolute atomic E-state index is 0.218. The highest BCUT2D eigenvalue weighted by Gasteiger charge is 2.08. The van der Waals surface area contributed by atoms with E-state index in [2.05, 4.69) is 0 Å². The number of carbonyl (C=O) groups excluding carboxylic acids is 2. The molecule has 0 spiro atoms. The number of hydrogen-bond donors (Lipinski definition) is 0. The van der Waals surface area contributed by atoms with Crippen molar-refractivity contribution in [1.29, 1.82) is 0 Å². The maximum absolute atomic E-state index is 11.8. The first-order valence-electron chi connectivity index (χ1n) is 5.68. The van der Waals surface area contributed by atoms with E-state index < -0.39 is 11.2 Å². The average Bonchev–Trinajstić information content (AvgIpc) is 2.46. The van der Waals surface area contributed by atoms with Crippen molar-refractivity contribution in [3.8, 4) is 0 Å². The van der Waals surface area contributed by atoms with Crippen LogP contribution in [0.5, 0.6) is 0 Å². The molecule has 0 aliphatic carbocycles. The molecule has 0 amide bonds. The Morgan fingerprint density at radius 2 is 1.47 bits per heavy atom. The largest absolute Gasteiger partial charge is 0.457 e. The molecule has 0 aliphatic heterocycles. The third-order valence-corrected chi connectivity index (χ3v) is 2.78. The maximum atomic E-state index is 11.8. The normalized spacial score (nSPS) is 9.95. The van der Waals surface area contributed by atoms with Crippen LogP contribution in [0.1, 0.15) is 26.3 Å². The molecular weight excluding hydrogens is 264 g/mol. The maximum Gasteiger partial charge on any atom is 0.338 e. The fourth-order valence-electron chi connectivity index (χ4n) is 1.54. The molecular formula is C15H11ClO3. The highest BCUT2D eigenvalue weighted by molar-refractivity contribution is 6.67. The van der Waals surface area contributed by atoms with Gasteiger partial charge in [-0.15, -0.1) is 0 Å². The number of rotatable bonds is 4. The van der Waals surface area contributed by atoms with Crippen LogP contribution in [0.2, 0.25) is 0 Å². The van der Waals surface area contributed by atoms with Crippen LogP contribution in [-0.4, -0.2) is 11.2 Å². The van der Waals surface area contributed by atoms with Crippen molar-refractivity contribution in [1.82, 2.24) is 0 Å². The summed E-state index contributed by atoms with van der Waals surface area (Å²) in [4.78, 5) is 22.6. The van der Waals surface area contributed by atoms with Crippen LogP contribution in [-0.2, 0) is 11.3 Å². The molecule has 2 aromatic carbocycles. The zero-order valence-electron chi connectivity index (χ0n) is 10.0. The molecule has 2 aromatic rings. The first-order valence-corrected chi connectivity index (χ1v) is 6.05. The molecule has 96 valence electrons. The highest BCUT2D eigenvalue weighted by atomic mass is 35.5. The van der Waals surface area contributed by atoms with Gasteiger partial charge in [0.05, 0.1) is 5.56 Å². The monoisotopic (exact) mass is 274 g/mol. The molecule has 0 atom stereocenters. The summed E-state index contributed by atoms with van der Waals surface area (Å²) in [6, 6.07) is 15.4. The van der Waals surface area contributed by atoms with Gasteiger partial charge >= 0.3 is 5.97 Å². The lowest BCUT2D eigenvalue weighted by atomic mass is 10.1. The molecule has 2 rings (SSSR count). The van der Waals surface area contributed by atoms with Crippen molar-refractivity contribution in [2.24, 2.45) is 0 Å². The van der Waals surface area contributed by atoms with Gasteiger partial charge in [0.2, 0.25) is 0 Å². The van der Waals surface area contributed by atoms with Gasteiger partial charge in [0.1, 0.15) is 6.61 Å². The van der Waals surface area contributed by atoms with E-state index in [0.29, 0.717) is 11.1 Å². The summed E-state index contributed by atoms with van der Waals surface area (Å²) in [5.74, 6) is -0.433. The van der Waals surface area contributed by atoms with Crippen molar-refractivity contribution in [2.45, 2.75) is 6.61 Å². The minimum atomic E-state index is -0.552. The number of benzene rings is 2. The van der Waals surface area contributed by atoms with Crippen LogP contribution in [0.15, 0.2) is 54.6 Å². The van der Waals surface area contributed by atoms with E-state index in [1.165, 1.54) is 24.3 Å². The molecule has 3 nitrogen and oxygen atoms in total. The third-order valence-electron chi connectivity index (χ3n) is 2.56. The number of carbonyl (C=O) groups is 2. The molecule has 0 aromatic heterocycles. The molecule has 19 heavy (non-hydrogen) atoms. The van der Waals surface area contributed by atoms with E-state index in [1.807, 2.05) is 30.3 Å². The second-order valence-corrected chi connectivity index (χ2v) is 4.26. The van der Waals surface area contributed by atoms with Crippen LogP contribution < -0.4 is 0 Å². The lowest BCUT2D eigenvalue weighted by Crippen LogP contribution is -2.05. The summed E-state index contributed by atoms with van der Waals surface area (Å²) in [5.41, 5.74) is 1.65. The quantitative estimate of drug-likeness (QED) is 0.634. The lowest BCUT2D eigenvalue weighted by molar-refractivity contribution is 0.0472. The van der Waals surface area contributed by atoms with Gasteiger partial charge in [-0.3, -0.25) is 4.79 Å². The van der Waals surface area contributed by atoms with Crippen LogP contribution in [0.3, 0.4) is 0 Å². The van der Waals surface area contributed by atoms with Gasteiger partial charge in [-0.05, 0) is 41.4 Å². The Morgan fingerprint density at radius 3 is 2.05 bits per heavy atom. The molecule has 0 saturated heterocycles. The smallest absolute Gasteiger partial charge is 0.338 e. The van der Waals surface area contributed by atoms with Crippen molar-refractivity contribution in [3.63, 3.8) is 0 Å². The van der Waals surface area contributed by atoms with Gasteiger partial charge in [0.25, 0.3) is 5.24 Å². The van der Waals surface area contributed by atoms with E-state index in [4.69, 9.17) is 16.3 Å². The second-order valence-electron chi connectivity index (χ2n) is 3.91. The van der Waals surface area contributed by atoms with Crippen molar-refractivity contribution in [3.05, 3.63) is 71.3 Å². The molecule has 0 N–H and O–H groups in total. The Labute approximate surface area is 115 Å². The minimum Gasteiger partial charge on any atom is -0.457 e. The van der Waals surface area contributed by atoms with E-state index in [0.717, 1.165) is 5.56 Å². The second kappa shape index (κ2) is 6.16. The van der Waals surface area contributed by atoms with Crippen LogP contribution in [0.4, 0.5) is 0 Å². The molecule has 0 radical (unpaired) electrons. The Hall–Kier alpha value is -2.13. The number of esters is 1. The van der Waals surface area contributed by atoms with Crippen molar-refractivity contribution >= 4 is 22.8 Å².